The van der Waals surface area contributed by atoms with Gasteiger partial charge in [0.05, 0.1) is 12.9 Å². The predicted octanol–water partition coefficient (Wildman–Crippen LogP) is 1.90. The zero-order chi connectivity index (χ0) is 26.7. The van der Waals surface area contributed by atoms with Crippen LogP contribution >= 0.6 is 0 Å². The van der Waals surface area contributed by atoms with Crippen LogP contribution in [0.2, 0.25) is 0 Å². The topological polar surface area (TPSA) is 161 Å². The standard InChI is InChI=1S/C25H35N7O5/c1-25(2,3)15-6-8-16(9-7-15)30-24(35)36-11-5-10-31(4)12-17-19(33)20(34)23(37-17)32-14-29-18-21(26)27-13-28-22(18)32/h6-9,13-14,17,19-20,23,33-34H,5,10-12H2,1-4H3,(H,30,35)(H2,26,27,28)/t17-,19-,20-,23-/m1/s1. The van der Waals surface area contributed by atoms with Crippen molar-refractivity contribution in [3.8, 4) is 0 Å². The molecule has 1 saturated heterocycles. The highest BCUT2D eigenvalue weighted by atomic mass is 16.6. The number of carbonyl (C=O) groups is 1. The zero-order valence-corrected chi connectivity index (χ0v) is 21.5. The van der Waals surface area contributed by atoms with Crippen molar-refractivity contribution in [2.75, 3.05) is 37.8 Å². The van der Waals surface area contributed by atoms with E-state index in [4.69, 9.17) is 15.2 Å². The molecule has 5 N–H and O–H groups in total. The maximum atomic E-state index is 12.1. The molecule has 1 fully saturated rings. The molecule has 200 valence electrons. The maximum Gasteiger partial charge on any atom is 0.411 e. The van der Waals surface area contributed by atoms with Gasteiger partial charge in [0.25, 0.3) is 0 Å². The molecule has 0 spiro atoms. The Labute approximate surface area is 215 Å². The summed E-state index contributed by atoms with van der Waals surface area (Å²) in [6, 6.07) is 7.70. The number of amides is 1. The molecule has 12 nitrogen and oxygen atoms in total. The Hall–Kier alpha value is -3.32. The molecule has 1 aromatic carbocycles. The van der Waals surface area contributed by atoms with E-state index in [1.54, 1.807) is 4.57 Å². The lowest BCUT2D eigenvalue weighted by Crippen LogP contribution is -2.39. The Morgan fingerprint density at radius 2 is 1.92 bits per heavy atom. The Kier molecular flexibility index (Phi) is 7.93. The first kappa shape index (κ1) is 26.7. The van der Waals surface area contributed by atoms with Crippen LogP contribution in [0.4, 0.5) is 16.3 Å². The number of anilines is 2. The van der Waals surface area contributed by atoms with Crippen molar-refractivity contribution in [1.82, 2.24) is 24.4 Å². The van der Waals surface area contributed by atoms with E-state index in [0.29, 0.717) is 36.4 Å². The number of nitrogens with one attached hydrogen (secondary N) is 1. The minimum absolute atomic E-state index is 0.0426. The number of fused-ring (bicyclic) bond motifs is 1. The average Bonchev–Trinajstić information content (AvgIpc) is 3.39. The molecule has 0 radical (unpaired) electrons. The number of ether oxygens (including phenoxy) is 2. The van der Waals surface area contributed by atoms with Gasteiger partial charge in [-0.05, 0) is 36.6 Å². The molecule has 3 aromatic rings. The van der Waals surface area contributed by atoms with Crippen molar-refractivity contribution in [3.05, 3.63) is 42.5 Å². The number of benzene rings is 1. The Morgan fingerprint density at radius 3 is 2.62 bits per heavy atom. The van der Waals surface area contributed by atoms with Crippen LogP contribution < -0.4 is 11.1 Å². The number of aliphatic hydroxyl groups excluding tert-OH is 2. The molecule has 1 amide bonds. The smallest absolute Gasteiger partial charge is 0.411 e. The maximum absolute atomic E-state index is 12.1. The second-order valence-electron chi connectivity index (χ2n) is 10.3. The number of nitrogen functional groups attached to an aromatic ring is 1. The second kappa shape index (κ2) is 11.0. The monoisotopic (exact) mass is 513 g/mol. The summed E-state index contributed by atoms with van der Waals surface area (Å²) in [7, 11) is 1.87. The third kappa shape index (κ3) is 6.16. The SMILES string of the molecule is CN(CCCOC(=O)Nc1ccc(C(C)(C)C)cc1)C[C@H]1O[C@@H](n2cnc3c(N)ncnc32)[C@H](O)[C@@H]1O. The number of imidazole rings is 1. The molecule has 4 atom stereocenters. The highest BCUT2D eigenvalue weighted by Crippen LogP contribution is 2.32. The molecule has 3 heterocycles. The molecular formula is C25H35N7O5. The number of carbonyl (C=O) groups excluding carboxylic acids is 1. The van der Waals surface area contributed by atoms with Crippen LogP contribution in [-0.2, 0) is 14.9 Å². The quantitative estimate of drug-likeness (QED) is 0.327. The van der Waals surface area contributed by atoms with E-state index >= 15 is 0 Å². The minimum Gasteiger partial charge on any atom is -0.449 e. The van der Waals surface area contributed by atoms with Crippen LogP contribution in [0.25, 0.3) is 11.2 Å². The minimum atomic E-state index is -1.17. The summed E-state index contributed by atoms with van der Waals surface area (Å²) in [5.41, 5.74) is 8.55. The molecule has 2 aromatic heterocycles. The van der Waals surface area contributed by atoms with Gasteiger partial charge in [-0.1, -0.05) is 32.9 Å². The summed E-state index contributed by atoms with van der Waals surface area (Å²) in [6.45, 7) is 7.60. The van der Waals surface area contributed by atoms with Gasteiger partial charge < -0.3 is 30.3 Å². The van der Waals surface area contributed by atoms with E-state index in [2.05, 4.69) is 41.0 Å². The number of nitrogens with two attached hydrogens (primary N) is 1. The van der Waals surface area contributed by atoms with Gasteiger partial charge in [0.2, 0.25) is 0 Å². The Bertz CT molecular complexity index is 1210. The molecule has 1 aliphatic heterocycles. The van der Waals surface area contributed by atoms with Crippen LogP contribution in [0.15, 0.2) is 36.9 Å². The lowest BCUT2D eigenvalue weighted by Gasteiger charge is -2.22. The number of likely N-dealkylation sites (N-methyl/N-ethyl adjacent to an activating group) is 1. The van der Waals surface area contributed by atoms with E-state index in [1.807, 2.05) is 36.2 Å². The number of rotatable bonds is 8. The second-order valence-corrected chi connectivity index (χ2v) is 10.3. The molecular weight excluding hydrogens is 478 g/mol. The molecule has 0 bridgehead atoms. The van der Waals surface area contributed by atoms with E-state index in [9.17, 15) is 15.0 Å². The third-order valence-electron chi connectivity index (χ3n) is 6.40. The predicted molar refractivity (Wildman–Crippen MR) is 138 cm³/mol. The molecule has 0 saturated carbocycles. The van der Waals surface area contributed by atoms with Crippen molar-refractivity contribution in [3.63, 3.8) is 0 Å². The summed E-state index contributed by atoms with van der Waals surface area (Å²) in [6.07, 6.45) is -0.924. The van der Waals surface area contributed by atoms with Crippen LogP contribution in [0, 0.1) is 0 Å². The van der Waals surface area contributed by atoms with E-state index < -0.39 is 30.6 Å². The Morgan fingerprint density at radius 1 is 1.19 bits per heavy atom. The summed E-state index contributed by atoms with van der Waals surface area (Å²) < 4.78 is 12.8. The van der Waals surface area contributed by atoms with Crippen LogP contribution in [0.1, 0.15) is 39.0 Å². The highest BCUT2D eigenvalue weighted by molar-refractivity contribution is 5.84. The lowest BCUT2D eigenvalue weighted by atomic mass is 9.87. The fourth-order valence-electron chi connectivity index (χ4n) is 4.27. The van der Waals surface area contributed by atoms with Gasteiger partial charge in [0.1, 0.15) is 30.2 Å². The number of hydrogen-bond acceptors (Lipinski definition) is 10. The normalized spacial score (nSPS) is 22.0. The van der Waals surface area contributed by atoms with Crippen LogP contribution in [0.5, 0.6) is 0 Å². The van der Waals surface area contributed by atoms with E-state index in [-0.39, 0.29) is 17.8 Å². The zero-order valence-electron chi connectivity index (χ0n) is 21.5. The fourth-order valence-corrected chi connectivity index (χ4v) is 4.27. The number of aromatic nitrogens is 4. The van der Waals surface area contributed by atoms with Crippen molar-refractivity contribution in [2.24, 2.45) is 0 Å². The number of hydrogen-bond donors (Lipinski definition) is 4. The third-order valence-corrected chi connectivity index (χ3v) is 6.40. The van der Waals surface area contributed by atoms with E-state index in [1.165, 1.54) is 18.2 Å². The van der Waals surface area contributed by atoms with Crippen LogP contribution in [0.3, 0.4) is 0 Å². The molecule has 4 rings (SSSR count). The number of aliphatic hydroxyl groups is 2. The van der Waals surface area contributed by atoms with Gasteiger partial charge in [-0.3, -0.25) is 9.88 Å². The van der Waals surface area contributed by atoms with Crippen molar-refractivity contribution < 1.29 is 24.5 Å². The molecule has 37 heavy (non-hydrogen) atoms. The van der Waals surface area contributed by atoms with Gasteiger partial charge in [-0.25, -0.2) is 19.7 Å². The summed E-state index contributed by atoms with van der Waals surface area (Å²) >= 11 is 0. The highest BCUT2D eigenvalue weighted by Gasteiger charge is 2.44. The molecule has 1 aliphatic rings. The van der Waals surface area contributed by atoms with Crippen molar-refractivity contribution >= 4 is 28.8 Å². The van der Waals surface area contributed by atoms with Gasteiger partial charge in [-0.15, -0.1) is 0 Å². The van der Waals surface area contributed by atoms with Crippen molar-refractivity contribution in [1.29, 1.82) is 0 Å². The number of nitrogens with zero attached hydrogens (tertiary/aromatic N) is 5. The van der Waals surface area contributed by atoms with E-state index in [0.717, 1.165) is 0 Å². The Balaban J connectivity index is 1.21. The largest absolute Gasteiger partial charge is 0.449 e. The molecule has 12 heteroatoms. The summed E-state index contributed by atoms with van der Waals surface area (Å²) in [5, 5.41) is 23.9. The first-order chi connectivity index (χ1) is 17.5. The van der Waals surface area contributed by atoms with Crippen molar-refractivity contribution in [2.45, 2.75) is 57.1 Å². The first-order valence-corrected chi connectivity index (χ1v) is 12.2. The first-order valence-electron chi connectivity index (χ1n) is 12.2. The molecule has 0 unspecified atom stereocenters. The lowest BCUT2D eigenvalue weighted by molar-refractivity contribution is -0.0424. The van der Waals surface area contributed by atoms with Gasteiger partial charge >= 0.3 is 6.09 Å². The van der Waals surface area contributed by atoms with Gasteiger partial charge in [0.15, 0.2) is 17.7 Å². The van der Waals surface area contributed by atoms with Crippen LogP contribution in [-0.4, -0.2) is 85.8 Å². The van der Waals surface area contributed by atoms with Gasteiger partial charge in [-0.2, -0.15) is 0 Å². The fraction of sp³-hybridized carbons (Fsp3) is 0.520. The average molecular weight is 514 g/mol. The summed E-state index contributed by atoms with van der Waals surface area (Å²) in [5.74, 6) is 0.224. The van der Waals surface area contributed by atoms with Gasteiger partial charge in [0, 0.05) is 18.8 Å². The molecule has 0 aliphatic carbocycles. The summed E-state index contributed by atoms with van der Waals surface area (Å²) in [4.78, 5) is 26.3.